The topological polar surface area (TPSA) is 82.3 Å². The molecule has 0 radical (unpaired) electrons. The first-order valence-electron chi connectivity index (χ1n) is 5.69. The minimum atomic E-state index is 0.650. The lowest BCUT2D eigenvalue weighted by Gasteiger charge is -2.33. The highest BCUT2D eigenvalue weighted by Crippen LogP contribution is 2.17. The number of hydrazine groups is 2. The summed E-state index contributed by atoms with van der Waals surface area (Å²) in [5.74, 6) is 6.84. The van der Waals surface area contributed by atoms with Crippen molar-refractivity contribution in [3.05, 3.63) is 11.9 Å². The lowest BCUT2D eigenvalue weighted by Crippen LogP contribution is -2.47. The molecule has 0 aromatic carbocycles. The molecule has 1 aliphatic heterocycles. The number of piperazine rings is 1. The molecule has 4 N–H and O–H groups in total. The predicted octanol–water partition coefficient (Wildman–Crippen LogP) is -0.355. The summed E-state index contributed by atoms with van der Waals surface area (Å²) in [6.45, 7) is 6.00. The van der Waals surface area contributed by atoms with Crippen molar-refractivity contribution < 1.29 is 0 Å². The van der Waals surface area contributed by atoms with Crippen LogP contribution in [0.5, 0.6) is 0 Å². The fourth-order valence-electron chi connectivity index (χ4n) is 1.78. The molecule has 0 bridgehead atoms. The lowest BCUT2D eigenvalue weighted by atomic mass is 10.3. The molecule has 0 amide bonds. The van der Waals surface area contributed by atoms with Gasteiger partial charge in [0.1, 0.15) is 18.0 Å². The van der Waals surface area contributed by atoms with Crippen LogP contribution in [-0.2, 0) is 0 Å². The maximum Gasteiger partial charge on any atom is 0.148 e. The van der Waals surface area contributed by atoms with Crippen molar-refractivity contribution in [2.75, 3.05) is 44.1 Å². The summed E-state index contributed by atoms with van der Waals surface area (Å²) >= 11 is 0. The average Bonchev–Trinajstić information content (AvgIpc) is 2.35. The molecular weight excluding hydrogens is 218 g/mol. The van der Waals surface area contributed by atoms with Gasteiger partial charge in [0.25, 0.3) is 0 Å². The Balaban J connectivity index is 2.03. The quantitative estimate of drug-likeness (QED) is 0.489. The first kappa shape index (κ1) is 12.0. The SMILES string of the molecule is Cc1c(NN)ncnc1NN1CCN(C)CC1. The Labute approximate surface area is 101 Å². The van der Waals surface area contributed by atoms with Gasteiger partial charge >= 0.3 is 0 Å². The molecule has 17 heavy (non-hydrogen) atoms. The second kappa shape index (κ2) is 5.26. The summed E-state index contributed by atoms with van der Waals surface area (Å²) in [6.07, 6.45) is 1.50. The summed E-state index contributed by atoms with van der Waals surface area (Å²) in [6, 6.07) is 0. The van der Waals surface area contributed by atoms with E-state index in [0.717, 1.165) is 37.6 Å². The fraction of sp³-hybridized carbons (Fsp3) is 0.600. The third kappa shape index (κ3) is 2.82. The van der Waals surface area contributed by atoms with Crippen LogP contribution in [0.2, 0.25) is 0 Å². The van der Waals surface area contributed by atoms with Crippen LogP contribution in [0.25, 0.3) is 0 Å². The standard InChI is InChI=1S/C10H19N7/c1-8-9(14-11)12-7-13-10(8)15-17-5-3-16(2)4-6-17/h7H,3-6,11H2,1-2H3,(H2,12,13,14,15). The number of likely N-dealkylation sites (N-methyl/N-ethyl adjacent to an activating group) is 1. The Hall–Kier alpha value is -1.44. The maximum atomic E-state index is 5.38. The highest BCUT2D eigenvalue weighted by molar-refractivity contribution is 5.55. The molecule has 0 aliphatic carbocycles. The molecule has 1 fully saturated rings. The molecule has 1 aromatic heterocycles. The minimum absolute atomic E-state index is 0.650. The van der Waals surface area contributed by atoms with Crippen molar-refractivity contribution in [1.82, 2.24) is 19.9 Å². The van der Waals surface area contributed by atoms with E-state index in [4.69, 9.17) is 5.84 Å². The molecule has 1 saturated heterocycles. The molecular formula is C10H19N7. The fourth-order valence-corrected chi connectivity index (χ4v) is 1.78. The zero-order chi connectivity index (χ0) is 12.3. The van der Waals surface area contributed by atoms with Crippen molar-refractivity contribution in [1.29, 1.82) is 0 Å². The maximum absolute atomic E-state index is 5.38. The molecule has 2 heterocycles. The van der Waals surface area contributed by atoms with Crippen LogP contribution in [0.15, 0.2) is 6.33 Å². The Kier molecular flexibility index (Phi) is 3.72. The summed E-state index contributed by atoms with van der Waals surface area (Å²) in [4.78, 5) is 10.6. The van der Waals surface area contributed by atoms with E-state index in [9.17, 15) is 0 Å². The van der Waals surface area contributed by atoms with Gasteiger partial charge in [-0.25, -0.2) is 20.8 Å². The van der Waals surface area contributed by atoms with Crippen LogP contribution in [0.3, 0.4) is 0 Å². The summed E-state index contributed by atoms with van der Waals surface area (Å²) in [5, 5.41) is 2.16. The molecule has 0 spiro atoms. The van der Waals surface area contributed by atoms with E-state index in [1.807, 2.05) is 6.92 Å². The highest BCUT2D eigenvalue weighted by atomic mass is 15.5. The summed E-state index contributed by atoms with van der Waals surface area (Å²) in [5.41, 5.74) is 6.79. The van der Waals surface area contributed by atoms with Gasteiger partial charge in [0, 0.05) is 31.7 Å². The van der Waals surface area contributed by atoms with Gasteiger partial charge in [-0.05, 0) is 14.0 Å². The van der Waals surface area contributed by atoms with Gasteiger partial charge < -0.3 is 15.8 Å². The van der Waals surface area contributed by atoms with Crippen molar-refractivity contribution >= 4 is 11.6 Å². The van der Waals surface area contributed by atoms with Gasteiger partial charge in [-0.3, -0.25) is 0 Å². The number of nitrogen functional groups attached to an aromatic ring is 1. The summed E-state index contributed by atoms with van der Waals surface area (Å²) < 4.78 is 0. The predicted molar refractivity (Wildman–Crippen MR) is 67.3 cm³/mol. The summed E-state index contributed by atoms with van der Waals surface area (Å²) in [7, 11) is 2.13. The van der Waals surface area contributed by atoms with Crippen LogP contribution < -0.4 is 16.7 Å². The number of nitrogens with two attached hydrogens (primary N) is 1. The van der Waals surface area contributed by atoms with Gasteiger partial charge in [-0.2, -0.15) is 0 Å². The molecule has 0 saturated carbocycles. The van der Waals surface area contributed by atoms with Gasteiger partial charge in [-0.1, -0.05) is 0 Å². The van der Waals surface area contributed by atoms with Crippen LogP contribution in [0.4, 0.5) is 11.6 Å². The second-order valence-electron chi connectivity index (χ2n) is 4.24. The molecule has 1 aromatic rings. The number of nitrogens with one attached hydrogen (secondary N) is 2. The monoisotopic (exact) mass is 237 g/mol. The molecule has 2 rings (SSSR count). The third-order valence-electron chi connectivity index (χ3n) is 2.99. The van der Waals surface area contributed by atoms with Crippen molar-refractivity contribution in [3.8, 4) is 0 Å². The molecule has 0 unspecified atom stereocenters. The molecule has 7 nitrogen and oxygen atoms in total. The smallest absolute Gasteiger partial charge is 0.148 e. The van der Waals surface area contributed by atoms with Crippen molar-refractivity contribution in [2.45, 2.75) is 6.92 Å². The Bertz CT molecular complexity index is 373. The number of hydrogen-bond acceptors (Lipinski definition) is 7. The van der Waals surface area contributed by atoms with E-state index in [1.165, 1.54) is 6.33 Å². The Morgan fingerprint density at radius 2 is 1.82 bits per heavy atom. The van der Waals surface area contributed by atoms with Crippen LogP contribution in [0, 0.1) is 6.92 Å². The largest absolute Gasteiger partial charge is 0.308 e. The molecule has 7 heteroatoms. The second-order valence-corrected chi connectivity index (χ2v) is 4.24. The zero-order valence-corrected chi connectivity index (χ0v) is 10.3. The van der Waals surface area contributed by atoms with E-state index < -0.39 is 0 Å². The highest BCUT2D eigenvalue weighted by Gasteiger charge is 2.15. The van der Waals surface area contributed by atoms with E-state index in [1.54, 1.807) is 0 Å². The van der Waals surface area contributed by atoms with Gasteiger partial charge in [-0.15, -0.1) is 0 Å². The molecule has 0 atom stereocenters. The first-order chi connectivity index (χ1) is 8.20. The number of aromatic nitrogens is 2. The molecule has 94 valence electrons. The Morgan fingerprint density at radius 3 is 2.47 bits per heavy atom. The van der Waals surface area contributed by atoms with Crippen LogP contribution >= 0.6 is 0 Å². The average molecular weight is 237 g/mol. The third-order valence-corrected chi connectivity index (χ3v) is 2.99. The number of nitrogens with zero attached hydrogens (tertiary/aromatic N) is 4. The first-order valence-corrected chi connectivity index (χ1v) is 5.69. The van der Waals surface area contributed by atoms with E-state index in [0.29, 0.717) is 5.82 Å². The Morgan fingerprint density at radius 1 is 1.18 bits per heavy atom. The zero-order valence-electron chi connectivity index (χ0n) is 10.3. The van der Waals surface area contributed by atoms with Gasteiger partial charge in [0.15, 0.2) is 0 Å². The number of rotatable bonds is 3. The number of anilines is 2. The van der Waals surface area contributed by atoms with Crippen LogP contribution in [0.1, 0.15) is 5.56 Å². The van der Waals surface area contributed by atoms with Gasteiger partial charge in [0.2, 0.25) is 0 Å². The normalized spacial score (nSPS) is 18.1. The van der Waals surface area contributed by atoms with E-state index in [2.05, 4.69) is 37.8 Å². The minimum Gasteiger partial charge on any atom is -0.308 e. The van der Waals surface area contributed by atoms with Crippen molar-refractivity contribution in [2.24, 2.45) is 5.84 Å². The molecule has 1 aliphatic rings. The van der Waals surface area contributed by atoms with Gasteiger partial charge in [0.05, 0.1) is 0 Å². The van der Waals surface area contributed by atoms with Crippen LogP contribution in [-0.4, -0.2) is 53.1 Å². The number of hydrogen-bond donors (Lipinski definition) is 3. The van der Waals surface area contributed by atoms with E-state index in [-0.39, 0.29) is 0 Å². The lowest BCUT2D eigenvalue weighted by molar-refractivity contribution is 0.178. The van der Waals surface area contributed by atoms with Crippen molar-refractivity contribution in [3.63, 3.8) is 0 Å². The van der Waals surface area contributed by atoms with E-state index >= 15 is 0 Å².